The van der Waals surface area contributed by atoms with E-state index in [0.717, 1.165) is 10.9 Å². The normalized spacial score (nSPS) is 11.6. The lowest BCUT2D eigenvalue weighted by Gasteiger charge is -2.05. The molecule has 1 amide bonds. The second-order valence-corrected chi connectivity index (χ2v) is 5.60. The van der Waals surface area contributed by atoms with Crippen molar-refractivity contribution in [3.8, 4) is 0 Å². The monoisotopic (exact) mass is 267 g/mol. The van der Waals surface area contributed by atoms with E-state index in [9.17, 15) is 13.2 Å². The van der Waals surface area contributed by atoms with Crippen molar-refractivity contribution in [2.24, 2.45) is 5.14 Å². The van der Waals surface area contributed by atoms with Gasteiger partial charge in [-0.1, -0.05) is 6.07 Å². The fraction of sp³-hybridized carbons (Fsp3) is 0.182. The van der Waals surface area contributed by atoms with Gasteiger partial charge in [-0.2, -0.15) is 0 Å². The Bertz CT molecular complexity index is 676. The van der Waals surface area contributed by atoms with Crippen molar-refractivity contribution in [1.29, 1.82) is 0 Å². The molecule has 0 aliphatic heterocycles. The lowest BCUT2D eigenvalue weighted by Crippen LogP contribution is -2.31. The van der Waals surface area contributed by atoms with E-state index < -0.39 is 10.0 Å². The molecule has 0 saturated heterocycles. The molecule has 96 valence electrons. The molecule has 0 saturated carbocycles. The third-order valence-corrected chi connectivity index (χ3v) is 3.28. The highest BCUT2D eigenvalue weighted by atomic mass is 32.2. The number of rotatable bonds is 4. The van der Waals surface area contributed by atoms with E-state index in [4.69, 9.17) is 5.14 Å². The maximum absolute atomic E-state index is 11.9. The molecule has 1 heterocycles. The van der Waals surface area contributed by atoms with Crippen LogP contribution in [0.1, 0.15) is 10.4 Å². The molecule has 0 aliphatic rings. The predicted octanol–water partition coefficient (Wildman–Crippen LogP) is 0.186. The first kappa shape index (κ1) is 12.6. The van der Waals surface area contributed by atoms with Crippen LogP contribution in [0, 0.1) is 0 Å². The minimum absolute atomic E-state index is 0.00151. The Morgan fingerprint density at radius 3 is 2.83 bits per heavy atom. The maximum Gasteiger partial charge on any atom is 0.251 e. The van der Waals surface area contributed by atoms with E-state index in [2.05, 4.69) is 10.3 Å². The van der Waals surface area contributed by atoms with E-state index in [1.165, 1.54) is 0 Å². The van der Waals surface area contributed by atoms with Gasteiger partial charge in [0.1, 0.15) is 0 Å². The molecule has 0 unspecified atom stereocenters. The van der Waals surface area contributed by atoms with Crippen molar-refractivity contribution >= 4 is 26.8 Å². The van der Waals surface area contributed by atoms with Crippen LogP contribution >= 0.6 is 0 Å². The summed E-state index contributed by atoms with van der Waals surface area (Å²) in [4.78, 5) is 14.9. The van der Waals surface area contributed by atoms with Gasteiger partial charge in [0.15, 0.2) is 0 Å². The number of benzene rings is 1. The lowest BCUT2D eigenvalue weighted by atomic mass is 10.1. The first-order valence-electron chi connectivity index (χ1n) is 5.32. The van der Waals surface area contributed by atoms with Crippen molar-refractivity contribution in [3.05, 3.63) is 36.0 Å². The van der Waals surface area contributed by atoms with Gasteiger partial charge in [0.05, 0.1) is 5.75 Å². The minimum Gasteiger partial charge on any atom is -0.361 e. The van der Waals surface area contributed by atoms with E-state index in [1.807, 2.05) is 6.07 Å². The van der Waals surface area contributed by atoms with Crippen LogP contribution in [0.25, 0.3) is 10.9 Å². The number of aromatic nitrogens is 1. The fourth-order valence-electron chi connectivity index (χ4n) is 1.69. The summed E-state index contributed by atoms with van der Waals surface area (Å²) in [6, 6.07) is 7.09. The van der Waals surface area contributed by atoms with Crippen LogP contribution in [0.3, 0.4) is 0 Å². The first-order valence-corrected chi connectivity index (χ1v) is 7.04. The van der Waals surface area contributed by atoms with E-state index >= 15 is 0 Å². The molecule has 0 spiro atoms. The largest absolute Gasteiger partial charge is 0.361 e. The Labute approximate surface area is 104 Å². The van der Waals surface area contributed by atoms with Gasteiger partial charge in [-0.25, -0.2) is 13.6 Å². The molecule has 2 aromatic rings. The highest BCUT2D eigenvalue weighted by molar-refractivity contribution is 7.89. The van der Waals surface area contributed by atoms with Gasteiger partial charge in [-0.3, -0.25) is 4.79 Å². The number of aromatic amines is 1. The second-order valence-electron chi connectivity index (χ2n) is 3.87. The zero-order valence-electron chi connectivity index (χ0n) is 9.51. The number of carbonyl (C=O) groups is 1. The molecule has 0 radical (unpaired) electrons. The number of nitrogens with two attached hydrogens (primary N) is 1. The number of carbonyl (C=O) groups excluding carboxylic acids is 1. The Morgan fingerprint density at radius 2 is 2.11 bits per heavy atom. The molecule has 0 fully saturated rings. The topological polar surface area (TPSA) is 105 Å². The predicted molar refractivity (Wildman–Crippen MR) is 68.6 cm³/mol. The zero-order chi connectivity index (χ0) is 13.2. The standard InChI is InChI=1S/C11H13N3O3S/c12-18(16,17)7-6-14-11(15)9-2-1-3-10-8(9)4-5-13-10/h1-5,13H,6-7H2,(H,14,15)(H2,12,16,17). The van der Waals surface area contributed by atoms with Gasteiger partial charge >= 0.3 is 0 Å². The van der Waals surface area contributed by atoms with Crippen LogP contribution in [-0.2, 0) is 10.0 Å². The number of hydrogen-bond acceptors (Lipinski definition) is 3. The summed E-state index contributed by atoms with van der Waals surface area (Å²) in [7, 11) is -3.55. The van der Waals surface area contributed by atoms with Crippen molar-refractivity contribution in [3.63, 3.8) is 0 Å². The third-order valence-electron chi connectivity index (χ3n) is 2.51. The number of nitrogens with one attached hydrogen (secondary N) is 2. The van der Waals surface area contributed by atoms with Crippen LogP contribution in [0.15, 0.2) is 30.5 Å². The van der Waals surface area contributed by atoms with Crippen LogP contribution in [-0.4, -0.2) is 31.6 Å². The molecule has 1 aromatic carbocycles. The summed E-state index contributed by atoms with van der Waals surface area (Å²) in [5.41, 5.74) is 1.36. The smallest absolute Gasteiger partial charge is 0.251 e. The van der Waals surface area contributed by atoms with Gasteiger partial charge in [-0.15, -0.1) is 0 Å². The Kier molecular flexibility index (Phi) is 3.35. The quantitative estimate of drug-likeness (QED) is 0.736. The van der Waals surface area contributed by atoms with Gasteiger partial charge in [0, 0.05) is 29.2 Å². The number of H-pyrrole nitrogens is 1. The summed E-state index contributed by atoms with van der Waals surface area (Å²) in [5, 5.41) is 8.17. The van der Waals surface area contributed by atoms with Crippen molar-refractivity contribution in [1.82, 2.24) is 10.3 Å². The molecular formula is C11H13N3O3S. The van der Waals surface area contributed by atoms with Crippen LogP contribution < -0.4 is 10.5 Å². The lowest BCUT2D eigenvalue weighted by molar-refractivity contribution is 0.0958. The number of fused-ring (bicyclic) bond motifs is 1. The molecule has 2 rings (SSSR count). The Balaban J connectivity index is 2.12. The third kappa shape index (κ3) is 2.88. The molecule has 6 nitrogen and oxygen atoms in total. The number of sulfonamides is 1. The molecule has 0 bridgehead atoms. The summed E-state index contributed by atoms with van der Waals surface area (Å²) in [5.74, 6) is -0.592. The first-order chi connectivity index (χ1) is 8.47. The summed E-state index contributed by atoms with van der Waals surface area (Å²) in [6.45, 7) is -0.00151. The average Bonchev–Trinajstić information content (AvgIpc) is 2.74. The van der Waals surface area contributed by atoms with Crippen molar-refractivity contribution < 1.29 is 13.2 Å². The molecule has 4 N–H and O–H groups in total. The Morgan fingerprint density at radius 1 is 1.33 bits per heavy atom. The van der Waals surface area contributed by atoms with Crippen molar-refractivity contribution in [2.45, 2.75) is 0 Å². The minimum atomic E-state index is -3.55. The van der Waals surface area contributed by atoms with Gasteiger partial charge < -0.3 is 10.3 Å². The SMILES string of the molecule is NS(=O)(=O)CCNC(=O)c1cccc2[nH]ccc12. The summed E-state index contributed by atoms with van der Waals surface area (Å²) in [6.07, 6.45) is 1.74. The molecule has 1 aromatic heterocycles. The number of amides is 1. The maximum atomic E-state index is 11.9. The van der Waals surface area contributed by atoms with Crippen LogP contribution in [0.5, 0.6) is 0 Å². The molecule has 0 atom stereocenters. The fourth-order valence-corrected chi connectivity index (χ4v) is 2.07. The van der Waals surface area contributed by atoms with E-state index in [-0.39, 0.29) is 18.2 Å². The van der Waals surface area contributed by atoms with Crippen molar-refractivity contribution in [2.75, 3.05) is 12.3 Å². The van der Waals surface area contributed by atoms with Crippen LogP contribution in [0.2, 0.25) is 0 Å². The molecule has 18 heavy (non-hydrogen) atoms. The highest BCUT2D eigenvalue weighted by Crippen LogP contribution is 2.16. The van der Waals surface area contributed by atoms with E-state index in [1.54, 1.807) is 24.4 Å². The van der Waals surface area contributed by atoms with Gasteiger partial charge in [0.2, 0.25) is 10.0 Å². The van der Waals surface area contributed by atoms with E-state index in [0.29, 0.717) is 5.56 Å². The summed E-state index contributed by atoms with van der Waals surface area (Å²) >= 11 is 0. The molecule has 0 aliphatic carbocycles. The average molecular weight is 267 g/mol. The molecular weight excluding hydrogens is 254 g/mol. The summed E-state index contributed by atoms with van der Waals surface area (Å²) < 4.78 is 21.5. The van der Waals surface area contributed by atoms with Crippen LogP contribution in [0.4, 0.5) is 0 Å². The Hall–Kier alpha value is -1.86. The zero-order valence-corrected chi connectivity index (χ0v) is 10.3. The van der Waals surface area contributed by atoms with Gasteiger partial charge in [0.25, 0.3) is 5.91 Å². The second kappa shape index (κ2) is 4.79. The number of hydrogen-bond donors (Lipinski definition) is 3. The highest BCUT2D eigenvalue weighted by Gasteiger charge is 2.11. The van der Waals surface area contributed by atoms with Gasteiger partial charge in [-0.05, 0) is 18.2 Å². The molecule has 7 heteroatoms. The number of primary sulfonamides is 1.